The maximum Gasteiger partial charge on any atom is 0.257 e. The van der Waals surface area contributed by atoms with E-state index in [1.807, 2.05) is 13.0 Å². The minimum atomic E-state index is 0.247. The van der Waals surface area contributed by atoms with Gasteiger partial charge in [-0.3, -0.25) is 4.90 Å². The normalized spacial score (nSPS) is 22.9. The Balaban J connectivity index is 1.45. The van der Waals surface area contributed by atoms with Crippen LogP contribution in [-0.4, -0.2) is 48.3 Å². The second-order valence-corrected chi connectivity index (χ2v) is 7.97. The average molecular weight is 383 g/mol. The topological polar surface area (TPSA) is 56.7 Å². The van der Waals surface area contributed by atoms with E-state index in [1.165, 1.54) is 5.56 Å². The zero-order chi connectivity index (χ0) is 19.7. The van der Waals surface area contributed by atoms with E-state index in [1.54, 1.807) is 7.11 Å². The van der Waals surface area contributed by atoms with Crippen molar-refractivity contribution in [3.8, 4) is 17.5 Å². The Morgan fingerprint density at radius 1 is 1.18 bits per heavy atom. The summed E-state index contributed by atoms with van der Waals surface area (Å²) < 4.78 is 16.6. The van der Waals surface area contributed by atoms with Crippen LogP contribution in [0, 0.1) is 18.8 Å². The number of methoxy groups -OCH3 is 1. The van der Waals surface area contributed by atoms with Gasteiger partial charge in [-0.1, -0.05) is 6.92 Å². The van der Waals surface area contributed by atoms with Crippen molar-refractivity contribution in [2.24, 2.45) is 11.8 Å². The molecule has 6 nitrogen and oxygen atoms in total. The molecule has 0 aliphatic carbocycles. The molecule has 2 aliphatic heterocycles. The summed E-state index contributed by atoms with van der Waals surface area (Å²) in [5.41, 5.74) is 3.34. The number of ether oxygens (including phenoxy) is 3. The van der Waals surface area contributed by atoms with Crippen LogP contribution in [-0.2, 0) is 6.42 Å². The zero-order valence-corrected chi connectivity index (χ0v) is 17.1. The molecule has 2 aliphatic rings. The van der Waals surface area contributed by atoms with Crippen LogP contribution in [0.2, 0.25) is 0 Å². The second kappa shape index (κ2) is 7.95. The Bertz CT molecular complexity index is 842. The van der Waals surface area contributed by atoms with Gasteiger partial charge in [0.1, 0.15) is 13.2 Å². The number of aromatic nitrogens is 2. The van der Waals surface area contributed by atoms with E-state index in [4.69, 9.17) is 19.2 Å². The number of pyridine rings is 2. The largest absolute Gasteiger partial charge is 0.484 e. The Kier molecular flexibility index (Phi) is 5.40. The fraction of sp³-hybridized carbons (Fsp3) is 0.545. The van der Waals surface area contributed by atoms with E-state index in [-0.39, 0.29) is 6.04 Å². The summed E-state index contributed by atoms with van der Waals surface area (Å²) in [5, 5.41) is 0. The monoisotopic (exact) mass is 383 g/mol. The summed E-state index contributed by atoms with van der Waals surface area (Å²) in [5.74, 6) is 3.30. The molecular weight excluding hydrogens is 354 g/mol. The van der Waals surface area contributed by atoms with Crippen LogP contribution in [0.4, 0.5) is 0 Å². The molecule has 2 aromatic heterocycles. The van der Waals surface area contributed by atoms with Crippen LogP contribution in [0.15, 0.2) is 24.3 Å². The standard InChI is InChI=1S/C22H29N3O3/c1-14-12-25(13-18(14)10-17-9-15(2)23-21(11-17)26-4)16(3)19-5-6-20-22(24-19)28-8-7-27-20/h5-6,9,11,14,16,18H,7-8,10,12-13H2,1-4H3/t14-,16+,18-/m1/s1. The van der Waals surface area contributed by atoms with Gasteiger partial charge < -0.3 is 14.2 Å². The Morgan fingerprint density at radius 3 is 2.82 bits per heavy atom. The van der Waals surface area contributed by atoms with Crippen LogP contribution >= 0.6 is 0 Å². The van der Waals surface area contributed by atoms with Crippen molar-refractivity contribution < 1.29 is 14.2 Å². The molecule has 0 bridgehead atoms. The van der Waals surface area contributed by atoms with Gasteiger partial charge >= 0.3 is 0 Å². The van der Waals surface area contributed by atoms with Crippen molar-refractivity contribution in [2.75, 3.05) is 33.4 Å². The minimum Gasteiger partial charge on any atom is -0.484 e. The minimum absolute atomic E-state index is 0.247. The fourth-order valence-electron chi connectivity index (χ4n) is 4.25. The van der Waals surface area contributed by atoms with Crippen molar-refractivity contribution in [1.29, 1.82) is 0 Å². The lowest BCUT2D eigenvalue weighted by Crippen LogP contribution is -2.26. The van der Waals surface area contributed by atoms with Crippen LogP contribution in [0.5, 0.6) is 17.5 Å². The molecule has 0 aromatic carbocycles. The molecule has 28 heavy (non-hydrogen) atoms. The molecule has 0 unspecified atom stereocenters. The van der Waals surface area contributed by atoms with Gasteiger partial charge in [-0.2, -0.15) is 0 Å². The molecule has 150 valence electrons. The van der Waals surface area contributed by atoms with Crippen molar-refractivity contribution in [1.82, 2.24) is 14.9 Å². The summed E-state index contributed by atoms with van der Waals surface area (Å²) >= 11 is 0. The molecule has 1 fully saturated rings. The predicted octanol–water partition coefficient (Wildman–Crippen LogP) is 3.44. The van der Waals surface area contributed by atoms with Crippen molar-refractivity contribution >= 4 is 0 Å². The number of hydrogen-bond donors (Lipinski definition) is 0. The Labute approximate surface area is 166 Å². The highest BCUT2D eigenvalue weighted by molar-refractivity contribution is 5.36. The molecule has 0 N–H and O–H groups in total. The lowest BCUT2D eigenvalue weighted by Gasteiger charge is -2.25. The van der Waals surface area contributed by atoms with E-state index in [2.05, 4.69) is 41.9 Å². The van der Waals surface area contributed by atoms with Crippen molar-refractivity contribution in [3.63, 3.8) is 0 Å². The van der Waals surface area contributed by atoms with Crippen LogP contribution in [0.1, 0.15) is 36.8 Å². The van der Waals surface area contributed by atoms with Gasteiger partial charge in [0, 0.05) is 30.9 Å². The van der Waals surface area contributed by atoms with Gasteiger partial charge in [-0.05, 0) is 55.9 Å². The summed E-state index contributed by atoms with van der Waals surface area (Å²) in [6, 6.07) is 8.53. The Morgan fingerprint density at radius 2 is 2.00 bits per heavy atom. The van der Waals surface area contributed by atoms with Crippen molar-refractivity contribution in [2.45, 2.75) is 33.2 Å². The SMILES string of the molecule is COc1cc(C[C@@H]2CN([C@@H](C)c3ccc4c(n3)OCCO4)C[C@H]2C)cc(C)n1. The zero-order valence-electron chi connectivity index (χ0n) is 17.1. The molecule has 0 radical (unpaired) electrons. The number of likely N-dealkylation sites (tertiary alicyclic amines) is 1. The van der Waals surface area contributed by atoms with E-state index in [0.29, 0.717) is 36.8 Å². The smallest absolute Gasteiger partial charge is 0.257 e. The third kappa shape index (κ3) is 3.92. The first-order valence-corrected chi connectivity index (χ1v) is 10.1. The lowest BCUT2D eigenvalue weighted by atomic mass is 9.91. The number of fused-ring (bicyclic) bond motifs is 1. The summed E-state index contributed by atoms with van der Waals surface area (Å²) in [6.45, 7) is 9.88. The molecule has 0 saturated carbocycles. The van der Waals surface area contributed by atoms with Gasteiger partial charge in [-0.25, -0.2) is 9.97 Å². The Hall–Kier alpha value is -2.34. The molecular formula is C22H29N3O3. The summed E-state index contributed by atoms with van der Waals surface area (Å²) in [7, 11) is 1.67. The molecule has 3 atom stereocenters. The maximum absolute atomic E-state index is 5.66. The second-order valence-electron chi connectivity index (χ2n) is 7.97. The van der Waals surface area contributed by atoms with E-state index in [0.717, 1.165) is 36.6 Å². The van der Waals surface area contributed by atoms with E-state index >= 15 is 0 Å². The quantitative estimate of drug-likeness (QED) is 0.788. The molecule has 1 saturated heterocycles. The molecule has 6 heteroatoms. The number of rotatable bonds is 5. The van der Waals surface area contributed by atoms with Gasteiger partial charge in [-0.15, -0.1) is 0 Å². The number of nitrogens with zero attached hydrogens (tertiary/aromatic N) is 3. The average Bonchev–Trinajstić information content (AvgIpc) is 3.06. The van der Waals surface area contributed by atoms with Crippen LogP contribution in [0.3, 0.4) is 0 Å². The third-order valence-electron chi connectivity index (χ3n) is 5.90. The van der Waals surface area contributed by atoms with Crippen LogP contribution in [0.25, 0.3) is 0 Å². The highest BCUT2D eigenvalue weighted by Crippen LogP contribution is 2.35. The first-order chi connectivity index (χ1) is 13.5. The van der Waals surface area contributed by atoms with Crippen LogP contribution < -0.4 is 14.2 Å². The molecule has 4 rings (SSSR count). The van der Waals surface area contributed by atoms with Gasteiger partial charge in [0.2, 0.25) is 5.88 Å². The highest BCUT2D eigenvalue weighted by atomic mass is 16.6. The van der Waals surface area contributed by atoms with E-state index < -0.39 is 0 Å². The number of hydrogen-bond acceptors (Lipinski definition) is 6. The van der Waals surface area contributed by atoms with Gasteiger partial charge in [0.05, 0.1) is 12.8 Å². The van der Waals surface area contributed by atoms with E-state index in [9.17, 15) is 0 Å². The summed E-state index contributed by atoms with van der Waals surface area (Å²) in [4.78, 5) is 11.6. The first-order valence-electron chi connectivity index (χ1n) is 10.1. The van der Waals surface area contributed by atoms with Gasteiger partial charge in [0.25, 0.3) is 5.88 Å². The first kappa shape index (κ1) is 19.0. The highest BCUT2D eigenvalue weighted by Gasteiger charge is 2.33. The number of aryl methyl sites for hydroxylation is 1. The maximum atomic E-state index is 5.66. The lowest BCUT2D eigenvalue weighted by molar-refractivity contribution is 0.162. The molecule has 0 amide bonds. The molecule has 0 spiro atoms. The third-order valence-corrected chi connectivity index (χ3v) is 5.90. The molecule has 4 heterocycles. The fourth-order valence-corrected chi connectivity index (χ4v) is 4.25. The van der Waals surface area contributed by atoms with Crippen molar-refractivity contribution in [3.05, 3.63) is 41.2 Å². The summed E-state index contributed by atoms with van der Waals surface area (Å²) in [6.07, 6.45) is 1.04. The van der Waals surface area contributed by atoms with Gasteiger partial charge in [0.15, 0.2) is 5.75 Å². The molecule has 2 aromatic rings. The predicted molar refractivity (Wildman–Crippen MR) is 107 cm³/mol.